The maximum absolute atomic E-state index is 9.45. The minimum atomic E-state index is -0.395. The molecule has 0 aliphatic rings. The first-order chi connectivity index (χ1) is 5.82. The lowest BCUT2D eigenvalue weighted by Crippen LogP contribution is -2.10. The van der Waals surface area contributed by atoms with E-state index in [-0.39, 0.29) is 5.41 Å². The van der Waals surface area contributed by atoms with Crippen LogP contribution < -0.4 is 0 Å². The summed E-state index contributed by atoms with van der Waals surface area (Å²) in [6.07, 6.45) is -0.395. The topological polar surface area (TPSA) is 33.1 Å². The standard InChI is InChI=1S/C10H17NOS/c1-6-8(7(2)12)13-9(11-6)10(3,4)5/h7,12H,1-5H3/t7-/m0/s1. The van der Waals surface area contributed by atoms with Crippen LogP contribution in [0.25, 0.3) is 0 Å². The van der Waals surface area contributed by atoms with E-state index in [2.05, 4.69) is 25.8 Å². The van der Waals surface area contributed by atoms with E-state index >= 15 is 0 Å². The highest BCUT2D eigenvalue weighted by molar-refractivity contribution is 7.12. The van der Waals surface area contributed by atoms with Gasteiger partial charge in [0.25, 0.3) is 0 Å². The summed E-state index contributed by atoms with van der Waals surface area (Å²) < 4.78 is 0. The Bertz CT molecular complexity index is 296. The molecule has 0 aliphatic carbocycles. The van der Waals surface area contributed by atoms with Crippen LogP contribution in [0, 0.1) is 6.92 Å². The highest BCUT2D eigenvalue weighted by Gasteiger charge is 2.21. The average Bonchev–Trinajstić information content (AvgIpc) is 2.29. The number of thiazole rings is 1. The van der Waals surface area contributed by atoms with E-state index in [1.807, 2.05) is 6.92 Å². The first-order valence-electron chi connectivity index (χ1n) is 4.48. The molecule has 0 spiro atoms. The molecular formula is C10H17NOS. The number of aliphatic hydroxyl groups is 1. The van der Waals surface area contributed by atoms with Gasteiger partial charge in [0.1, 0.15) is 0 Å². The molecule has 0 bridgehead atoms. The molecule has 1 heterocycles. The molecule has 74 valence electrons. The first-order valence-corrected chi connectivity index (χ1v) is 5.30. The quantitative estimate of drug-likeness (QED) is 0.754. The smallest absolute Gasteiger partial charge is 0.0985 e. The van der Waals surface area contributed by atoms with Gasteiger partial charge in [-0.1, -0.05) is 20.8 Å². The fraction of sp³-hybridized carbons (Fsp3) is 0.700. The van der Waals surface area contributed by atoms with Crippen LogP contribution in [-0.4, -0.2) is 10.1 Å². The van der Waals surface area contributed by atoms with Crippen molar-refractivity contribution in [3.05, 3.63) is 15.6 Å². The van der Waals surface area contributed by atoms with Gasteiger partial charge in [0.2, 0.25) is 0 Å². The molecule has 3 heteroatoms. The predicted molar refractivity (Wildman–Crippen MR) is 56.2 cm³/mol. The summed E-state index contributed by atoms with van der Waals surface area (Å²) in [6, 6.07) is 0. The van der Waals surface area contributed by atoms with Gasteiger partial charge >= 0.3 is 0 Å². The van der Waals surface area contributed by atoms with Crippen LogP contribution in [0.1, 0.15) is 49.4 Å². The summed E-state index contributed by atoms with van der Waals surface area (Å²) in [4.78, 5) is 5.45. The summed E-state index contributed by atoms with van der Waals surface area (Å²) in [6.45, 7) is 10.1. The van der Waals surface area contributed by atoms with Crippen molar-refractivity contribution in [2.24, 2.45) is 0 Å². The van der Waals surface area contributed by atoms with Gasteiger partial charge < -0.3 is 5.11 Å². The number of rotatable bonds is 1. The van der Waals surface area contributed by atoms with E-state index in [0.717, 1.165) is 15.6 Å². The highest BCUT2D eigenvalue weighted by Crippen LogP contribution is 2.32. The Balaban J connectivity index is 3.10. The minimum absolute atomic E-state index is 0.0859. The molecule has 1 aromatic heterocycles. The van der Waals surface area contributed by atoms with Crippen LogP contribution in [0.5, 0.6) is 0 Å². The third kappa shape index (κ3) is 2.29. The third-order valence-electron chi connectivity index (χ3n) is 1.85. The second-order valence-corrected chi connectivity index (χ2v) is 5.43. The fourth-order valence-corrected chi connectivity index (χ4v) is 2.18. The van der Waals surface area contributed by atoms with Crippen molar-refractivity contribution in [3.8, 4) is 0 Å². The summed E-state index contributed by atoms with van der Waals surface area (Å²) in [5.41, 5.74) is 1.05. The van der Waals surface area contributed by atoms with Crippen molar-refractivity contribution in [3.63, 3.8) is 0 Å². The lowest BCUT2D eigenvalue weighted by molar-refractivity contribution is 0.202. The summed E-state index contributed by atoms with van der Waals surface area (Å²) in [7, 11) is 0. The van der Waals surface area contributed by atoms with Crippen LogP contribution in [0.4, 0.5) is 0 Å². The van der Waals surface area contributed by atoms with E-state index in [0.29, 0.717) is 0 Å². The number of aliphatic hydroxyl groups excluding tert-OH is 1. The van der Waals surface area contributed by atoms with E-state index in [1.54, 1.807) is 18.3 Å². The Morgan fingerprint density at radius 1 is 1.38 bits per heavy atom. The lowest BCUT2D eigenvalue weighted by atomic mass is 9.98. The largest absolute Gasteiger partial charge is 0.388 e. The number of aromatic nitrogens is 1. The van der Waals surface area contributed by atoms with Gasteiger partial charge in [-0.05, 0) is 13.8 Å². The first kappa shape index (κ1) is 10.7. The van der Waals surface area contributed by atoms with Gasteiger partial charge in [0.05, 0.1) is 21.7 Å². The third-order valence-corrected chi connectivity index (χ3v) is 3.61. The summed E-state index contributed by atoms with van der Waals surface area (Å²) in [5, 5.41) is 10.6. The van der Waals surface area contributed by atoms with E-state index in [1.165, 1.54) is 0 Å². The zero-order valence-corrected chi connectivity index (χ0v) is 9.70. The zero-order valence-electron chi connectivity index (χ0n) is 8.88. The van der Waals surface area contributed by atoms with Gasteiger partial charge in [-0.15, -0.1) is 11.3 Å². The molecule has 0 amide bonds. The summed E-state index contributed by atoms with van der Waals surface area (Å²) in [5.74, 6) is 0. The number of hydrogen-bond acceptors (Lipinski definition) is 3. The van der Waals surface area contributed by atoms with Crippen molar-refractivity contribution >= 4 is 11.3 Å². The van der Waals surface area contributed by atoms with Crippen LogP contribution in [0.15, 0.2) is 0 Å². The molecule has 0 aliphatic heterocycles. The van der Waals surface area contributed by atoms with Crippen molar-refractivity contribution < 1.29 is 5.11 Å². The molecule has 1 N–H and O–H groups in total. The second kappa shape index (κ2) is 3.39. The molecule has 1 rings (SSSR count). The Kier molecular flexibility index (Phi) is 2.78. The zero-order chi connectivity index (χ0) is 10.2. The van der Waals surface area contributed by atoms with Gasteiger partial charge in [-0.3, -0.25) is 0 Å². The van der Waals surface area contributed by atoms with Crippen molar-refractivity contribution in [1.29, 1.82) is 0 Å². The molecule has 1 aromatic rings. The van der Waals surface area contributed by atoms with Gasteiger partial charge in [0, 0.05) is 5.41 Å². The molecular weight excluding hydrogens is 182 g/mol. The molecule has 0 saturated heterocycles. The van der Waals surface area contributed by atoms with Crippen LogP contribution in [-0.2, 0) is 5.41 Å². The number of aryl methyl sites for hydroxylation is 1. The number of nitrogens with zero attached hydrogens (tertiary/aromatic N) is 1. The van der Waals surface area contributed by atoms with Gasteiger partial charge in [0.15, 0.2) is 0 Å². The highest BCUT2D eigenvalue weighted by atomic mass is 32.1. The second-order valence-electron chi connectivity index (χ2n) is 4.39. The van der Waals surface area contributed by atoms with E-state index in [9.17, 15) is 5.11 Å². The molecule has 13 heavy (non-hydrogen) atoms. The Morgan fingerprint density at radius 2 is 1.92 bits per heavy atom. The number of hydrogen-bond donors (Lipinski definition) is 1. The molecule has 0 radical (unpaired) electrons. The van der Waals surface area contributed by atoms with Crippen LogP contribution in [0.2, 0.25) is 0 Å². The Hall–Kier alpha value is -0.410. The molecule has 2 nitrogen and oxygen atoms in total. The fourth-order valence-electron chi connectivity index (χ4n) is 1.12. The van der Waals surface area contributed by atoms with Crippen molar-refractivity contribution in [2.45, 2.75) is 46.1 Å². The van der Waals surface area contributed by atoms with E-state index in [4.69, 9.17) is 0 Å². The molecule has 1 atom stereocenters. The maximum atomic E-state index is 9.45. The molecule has 0 unspecified atom stereocenters. The minimum Gasteiger partial charge on any atom is -0.388 e. The Labute approximate surface area is 83.6 Å². The monoisotopic (exact) mass is 199 g/mol. The normalized spacial score (nSPS) is 14.6. The molecule has 0 saturated carbocycles. The molecule has 0 fully saturated rings. The predicted octanol–water partition coefficient (Wildman–Crippen LogP) is 2.80. The SMILES string of the molecule is Cc1nc(C(C)(C)C)sc1[C@H](C)O. The van der Waals surface area contributed by atoms with Crippen LogP contribution in [0.3, 0.4) is 0 Å². The average molecular weight is 199 g/mol. The van der Waals surface area contributed by atoms with Gasteiger partial charge in [-0.25, -0.2) is 4.98 Å². The summed E-state index contributed by atoms with van der Waals surface area (Å²) >= 11 is 1.61. The van der Waals surface area contributed by atoms with Gasteiger partial charge in [-0.2, -0.15) is 0 Å². The van der Waals surface area contributed by atoms with Crippen molar-refractivity contribution in [2.75, 3.05) is 0 Å². The Morgan fingerprint density at radius 3 is 2.15 bits per heavy atom. The van der Waals surface area contributed by atoms with Crippen LogP contribution >= 0.6 is 11.3 Å². The van der Waals surface area contributed by atoms with Crippen molar-refractivity contribution in [1.82, 2.24) is 4.98 Å². The maximum Gasteiger partial charge on any atom is 0.0985 e. The lowest BCUT2D eigenvalue weighted by Gasteiger charge is -2.13. The van der Waals surface area contributed by atoms with E-state index < -0.39 is 6.10 Å². The molecule has 0 aromatic carbocycles.